The average molecular weight is 337 g/mol. The molecule has 3 aromatic rings. The summed E-state index contributed by atoms with van der Waals surface area (Å²) >= 11 is 0. The molecule has 1 unspecified atom stereocenters. The highest BCUT2D eigenvalue weighted by atomic mass is 16.5. The van der Waals surface area contributed by atoms with E-state index < -0.39 is 12.0 Å². The molecular weight excluding hydrogens is 318 g/mol. The molecule has 0 saturated heterocycles. The number of rotatable bonds is 5. The number of hydrogen-bond donors (Lipinski definition) is 1. The van der Waals surface area contributed by atoms with Crippen molar-refractivity contribution in [3.8, 4) is 5.75 Å². The second kappa shape index (κ2) is 7.21. The van der Waals surface area contributed by atoms with Crippen LogP contribution in [-0.2, 0) is 9.59 Å². The predicted octanol–water partition coefficient (Wildman–Crippen LogP) is 3.97. The molecule has 5 heteroatoms. The summed E-state index contributed by atoms with van der Waals surface area (Å²) in [5.41, 5.74) is 0.699. The van der Waals surface area contributed by atoms with Crippen LogP contribution >= 0.6 is 0 Å². The molecule has 0 aliphatic carbocycles. The zero-order valence-corrected chi connectivity index (χ0v) is 14.1. The fraction of sp³-hybridized carbons (Fsp3) is 0.200. The van der Waals surface area contributed by atoms with E-state index in [0.29, 0.717) is 23.5 Å². The summed E-state index contributed by atoms with van der Waals surface area (Å²) in [6, 6.07) is 14.4. The van der Waals surface area contributed by atoms with Crippen LogP contribution in [0.5, 0.6) is 5.75 Å². The summed E-state index contributed by atoms with van der Waals surface area (Å²) < 4.78 is 11.0. The van der Waals surface area contributed by atoms with E-state index in [2.05, 4.69) is 5.32 Å². The zero-order valence-electron chi connectivity index (χ0n) is 14.1. The van der Waals surface area contributed by atoms with E-state index in [9.17, 15) is 9.59 Å². The van der Waals surface area contributed by atoms with Crippen molar-refractivity contribution >= 4 is 22.6 Å². The highest BCUT2D eigenvalue weighted by Crippen LogP contribution is 2.36. The quantitative estimate of drug-likeness (QED) is 0.565. The number of amides is 1. The van der Waals surface area contributed by atoms with Crippen molar-refractivity contribution in [3.63, 3.8) is 0 Å². The average Bonchev–Trinajstić information content (AvgIpc) is 3.13. The van der Waals surface area contributed by atoms with Crippen molar-refractivity contribution in [2.75, 3.05) is 0 Å². The summed E-state index contributed by atoms with van der Waals surface area (Å²) in [7, 11) is 0. The summed E-state index contributed by atoms with van der Waals surface area (Å²) in [6.07, 6.45) is 1.89. The molecule has 0 radical (unpaired) electrons. The number of ether oxygens (including phenoxy) is 1. The van der Waals surface area contributed by atoms with Gasteiger partial charge in [-0.2, -0.15) is 0 Å². The lowest BCUT2D eigenvalue weighted by Gasteiger charge is -2.21. The van der Waals surface area contributed by atoms with Crippen molar-refractivity contribution in [1.29, 1.82) is 0 Å². The van der Waals surface area contributed by atoms with Gasteiger partial charge in [0.2, 0.25) is 5.91 Å². The minimum atomic E-state index is -0.553. The normalized spacial score (nSPS) is 11.9. The monoisotopic (exact) mass is 337 g/mol. The Labute approximate surface area is 145 Å². The lowest BCUT2D eigenvalue weighted by Crippen LogP contribution is -2.29. The van der Waals surface area contributed by atoms with Crippen molar-refractivity contribution in [1.82, 2.24) is 5.32 Å². The zero-order chi connectivity index (χ0) is 17.8. The Morgan fingerprint density at radius 2 is 1.92 bits per heavy atom. The third-order valence-electron chi connectivity index (χ3n) is 3.93. The molecule has 1 atom stereocenters. The number of furan rings is 1. The van der Waals surface area contributed by atoms with Crippen LogP contribution in [0.4, 0.5) is 0 Å². The van der Waals surface area contributed by atoms with Crippen LogP contribution in [-0.4, -0.2) is 11.9 Å². The molecule has 3 rings (SSSR count). The van der Waals surface area contributed by atoms with Gasteiger partial charge in [-0.05, 0) is 29.0 Å². The summed E-state index contributed by atoms with van der Waals surface area (Å²) in [6.45, 7) is 3.14. The fourth-order valence-corrected chi connectivity index (χ4v) is 2.82. The maximum atomic E-state index is 12.1. The van der Waals surface area contributed by atoms with E-state index >= 15 is 0 Å². The van der Waals surface area contributed by atoms with Gasteiger partial charge in [0.25, 0.3) is 0 Å². The van der Waals surface area contributed by atoms with Crippen molar-refractivity contribution in [2.45, 2.75) is 26.3 Å². The standard InChI is InChI=1S/C20H19NO4/c1-3-18(23)21-20(17-9-6-12-24-17)19-15-8-5-4-7-14(15)10-11-16(19)25-13(2)22/h4-12,20H,3H2,1-2H3,(H,21,23). The van der Waals surface area contributed by atoms with Crippen LogP contribution in [0.2, 0.25) is 0 Å². The fourth-order valence-electron chi connectivity index (χ4n) is 2.82. The highest BCUT2D eigenvalue weighted by Gasteiger charge is 2.25. The molecule has 1 N–H and O–H groups in total. The first-order valence-corrected chi connectivity index (χ1v) is 8.13. The van der Waals surface area contributed by atoms with Crippen LogP contribution in [0.15, 0.2) is 59.2 Å². The molecule has 128 valence electrons. The smallest absolute Gasteiger partial charge is 0.308 e. The van der Waals surface area contributed by atoms with E-state index in [4.69, 9.17) is 9.15 Å². The maximum Gasteiger partial charge on any atom is 0.308 e. The second-order valence-corrected chi connectivity index (χ2v) is 5.66. The first-order valence-electron chi connectivity index (χ1n) is 8.13. The molecule has 25 heavy (non-hydrogen) atoms. The van der Waals surface area contributed by atoms with Gasteiger partial charge in [-0.3, -0.25) is 9.59 Å². The van der Waals surface area contributed by atoms with Crippen molar-refractivity contribution in [2.24, 2.45) is 0 Å². The molecule has 1 aromatic heterocycles. The Bertz CT molecular complexity index is 899. The molecule has 0 fully saturated rings. The minimum absolute atomic E-state index is 0.122. The number of esters is 1. The maximum absolute atomic E-state index is 12.1. The molecule has 5 nitrogen and oxygen atoms in total. The van der Waals surface area contributed by atoms with Gasteiger partial charge in [-0.15, -0.1) is 0 Å². The van der Waals surface area contributed by atoms with Crippen molar-refractivity contribution < 1.29 is 18.7 Å². The Hall–Kier alpha value is -3.08. The molecule has 0 bridgehead atoms. The number of fused-ring (bicyclic) bond motifs is 1. The molecule has 2 aromatic carbocycles. The Balaban J connectivity index is 2.23. The Morgan fingerprint density at radius 3 is 2.60 bits per heavy atom. The van der Waals surface area contributed by atoms with Crippen LogP contribution in [0.25, 0.3) is 10.8 Å². The van der Waals surface area contributed by atoms with Gasteiger partial charge >= 0.3 is 5.97 Å². The van der Waals surface area contributed by atoms with Gasteiger partial charge < -0.3 is 14.5 Å². The first kappa shape index (κ1) is 16.8. The number of carbonyl (C=O) groups is 2. The number of nitrogens with one attached hydrogen (secondary N) is 1. The highest BCUT2D eigenvalue weighted by molar-refractivity contribution is 5.90. The van der Waals surface area contributed by atoms with Gasteiger partial charge in [0.05, 0.1) is 6.26 Å². The summed E-state index contributed by atoms with van der Waals surface area (Å²) in [5.74, 6) is 0.440. The van der Waals surface area contributed by atoms with Crippen molar-refractivity contribution in [3.05, 3.63) is 66.1 Å². The first-order chi connectivity index (χ1) is 12.1. The largest absolute Gasteiger partial charge is 0.467 e. The predicted molar refractivity (Wildman–Crippen MR) is 94.2 cm³/mol. The molecule has 0 saturated carbocycles. The molecule has 1 amide bonds. The van der Waals surface area contributed by atoms with E-state index in [1.54, 1.807) is 31.4 Å². The van der Waals surface area contributed by atoms with Crippen LogP contribution < -0.4 is 10.1 Å². The molecule has 1 heterocycles. The third-order valence-corrected chi connectivity index (χ3v) is 3.93. The molecule has 0 spiro atoms. The number of carbonyl (C=O) groups excluding carboxylic acids is 2. The lowest BCUT2D eigenvalue weighted by atomic mass is 9.95. The van der Waals surface area contributed by atoms with E-state index in [0.717, 1.165) is 10.8 Å². The Kier molecular flexibility index (Phi) is 4.84. The molecule has 0 aliphatic heterocycles. The van der Waals surface area contributed by atoms with Gasteiger partial charge in [0, 0.05) is 18.9 Å². The van der Waals surface area contributed by atoms with Gasteiger partial charge in [-0.1, -0.05) is 37.3 Å². The van der Waals surface area contributed by atoms with Crippen LogP contribution in [0.3, 0.4) is 0 Å². The topological polar surface area (TPSA) is 68.5 Å². The molecular formula is C20H19NO4. The number of hydrogen-bond acceptors (Lipinski definition) is 4. The second-order valence-electron chi connectivity index (χ2n) is 5.66. The van der Waals surface area contributed by atoms with Crippen LogP contribution in [0.1, 0.15) is 37.6 Å². The third kappa shape index (κ3) is 3.55. The summed E-state index contributed by atoms with van der Waals surface area (Å²) in [5, 5.41) is 4.84. The lowest BCUT2D eigenvalue weighted by molar-refractivity contribution is -0.131. The summed E-state index contributed by atoms with van der Waals surface area (Å²) in [4.78, 5) is 23.7. The Morgan fingerprint density at radius 1 is 1.12 bits per heavy atom. The SMILES string of the molecule is CCC(=O)NC(c1ccco1)c1c(OC(C)=O)ccc2ccccc12. The van der Waals surface area contributed by atoms with Crippen LogP contribution in [0, 0.1) is 0 Å². The number of benzene rings is 2. The van der Waals surface area contributed by atoms with E-state index in [1.807, 2.05) is 30.3 Å². The van der Waals surface area contributed by atoms with E-state index in [1.165, 1.54) is 6.92 Å². The van der Waals surface area contributed by atoms with Gasteiger partial charge in [0.15, 0.2) is 0 Å². The minimum Gasteiger partial charge on any atom is -0.467 e. The molecule has 0 aliphatic rings. The van der Waals surface area contributed by atoms with E-state index in [-0.39, 0.29) is 5.91 Å². The van der Waals surface area contributed by atoms with Gasteiger partial charge in [-0.25, -0.2) is 0 Å². The van der Waals surface area contributed by atoms with Gasteiger partial charge in [0.1, 0.15) is 17.6 Å².